The molecule has 0 saturated heterocycles. The Bertz CT molecular complexity index is 1540. The number of nitrogens with one attached hydrogen (secondary N) is 1. The number of furan rings is 1. The number of hydrogen-bond donors (Lipinski definition) is 1. The molecule has 0 aliphatic rings. The van der Waals surface area contributed by atoms with Crippen molar-refractivity contribution in [2.45, 2.75) is 19.4 Å². The maximum Gasteiger partial charge on any atom is 0.412 e. The van der Waals surface area contributed by atoms with E-state index in [1.54, 1.807) is 20.1 Å². The first-order valence-corrected chi connectivity index (χ1v) is 12.8. The molecular weight excluding hydrogens is 498 g/mol. The minimum atomic E-state index is -0.588. The number of carbonyl (C=O) groups excluding carboxylic acids is 1. The molecule has 0 fully saturated rings. The zero-order valence-corrected chi connectivity index (χ0v) is 22.0. The van der Waals surface area contributed by atoms with E-state index in [0.29, 0.717) is 28.7 Å². The van der Waals surface area contributed by atoms with Crippen molar-refractivity contribution in [3.05, 3.63) is 113 Å². The van der Waals surface area contributed by atoms with Crippen LogP contribution >= 0.6 is 11.6 Å². The van der Waals surface area contributed by atoms with Gasteiger partial charge in [-0.05, 0) is 48.2 Å². The Kier molecular flexibility index (Phi) is 7.78. The second-order valence-electron chi connectivity index (χ2n) is 9.01. The monoisotopic (exact) mass is 525 g/mol. The number of halogens is 1. The van der Waals surface area contributed by atoms with E-state index in [1.165, 1.54) is 5.56 Å². The van der Waals surface area contributed by atoms with Gasteiger partial charge in [0.2, 0.25) is 0 Å². The number of benzene rings is 4. The van der Waals surface area contributed by atoms with E-state index < -0.39 is 12.2 Å². The lowest BCUT2D eigenvalue weighted by molar-refractivity contribution is 0.121. The fourth-order valence-electron chi connectivity index (χ4n) is 4.43. The van der Waals surface area contributed by atoms with Crippen LogP contribution in [0.4, 0.5) is 10.5 Å². The van der Waals surface area contributed by atoms with Crippen molar-refractivity contribution in [1.29, 1.82) is 0 Å². The lowest BCUT2D eigenvalue weighted by Crippen LogP contribution is -2.16. The van der Waals surface area contributed by atoms with Gasteiger partial charge in [-0.15, -0.1) is 0 Å². The largest absolute Gasteiger partial charge is 0.454 e. The van der Waals surface area contributed by atoms with E-state index in [1.807, 2.05) is 66.7 Å². The van der Waals surface area contributed by atoms with E-state index in [-0.39, 0.29) is 0 Å². The summed E-state index contributed by atoms with van der Waals surface area (Å²) in [5.41, 5.74) is 6.27. The van der Waals surface area contributed by atoms with Crippen LogP contribution in [0.25, 0.3) is 33.4 Å². The van der Waals surface area contributed by atoms with E-state index in [9.17, 15) is 4.79 Å². The van der Waals surface area contributed by atoms with Crippen molar-refractivity contribution in [3.8, 4) is 22.5 Å². The molecule has 0 radical (unpaired) electrons. The van der Waals surface area contributed by atoms with Gasteiger partial charge in [0.1, 0.15) is 11.7 Å². The second-order valence-corrected chi connectivity index (χ2v) is 9.42. The van der Waals surface area contributed by atoms with Crippen LogP contribution in [0.1, 0.15) is 24.2 Å². The Hall–Kier alpha value is -4.06. The van der Waals surface area contributed by atoms with Crippen molar-refractivity contribution >= 4 is 34.4 Å². The van der Waals surface area contributed by atoms with Crippen LogP contribution in [-0.4, -0.2) is 19.8 Å². The lowest BCUT2D eigenvalue weighted by atomic mass is 10.0. The highest BCUT2D eigenvalue weighted by Crippen LogP contribution is 2.39. The normalized spacial score (nSPS) is 11.9. The average Bonchev–Trinajstić information content (AvgIpc) is 3.30. The SMILES string of the molecule is COCCc1ccc(-c2ccc(-c3oc4ccccc4c3NC(=O)OC(C)c3ccccc3Cl)cc2)cc1. The van der Waals surface area contributed by atoms with Crippen LogP contribution < -0.4 is 5.32 Å². The highest BCUT2D eigenvalue weighted by atomic mass is 35.5. The van der Waals surface area contributed by atoms with E-state index in [0.717, 1.165) is 34.1 Å². The fourth-order valence-corrected chi connectivity index (χ4v) is 4.72. The van der Waals surface area contributed by atoms with Crippen molar-refractivity contribution in [3.63, 3.8) is 0 Å². The number of para-hydroxylation sites is 1. The summed E-state index contributed by atoms with van der Waals surface area (Å²) in [5.74, 6) is 0.565. The molecule has 1 atom stereocenters. The van der Waals surface area contributed by atoms with E-state index in [4.69, 9.17) is 25.5 Å². The molecule has 0 aliphatic heterocycles. The molecule has 0 spiro atoms. The van der Waals surface area contributed by atoms with Crippen LogP contribution in [0.3, 0.4) is 0 Å². The molecule has 1 aromatic heterocycles. The average molecular weight is 526 g/mol. The number of ether oxygens (including phenoxy) is 2. The summed E-state index contributed by atoms with van der Waals surface area (Å²) in [7, 11) is 1.71. The Balaban J connectivity index is 1.39. The summed E-state index contributed by atoms with van der Waals surface area (Å²) in [6.45, 7) is 2.49. The zero-order chi connectivity index (χ0) is 26.5. The molecule has 5 aromatic rings. The molecule has 1 amide bonds. The van der Waals surface area contributed by atoms with Gasteiger partial charge in [-0.1, -0.05) is 90.5 Å². The summed E-state index contributed by atoms with van der Waals surface area (Å²) >= 11 is 6.28. The van der Waals surface area contributed by atoms with Crippen LogP contribution in [0, 0.1) is 0 Å². The Morgan fingerprint density at radius 3 is 2.21 bits per heavy atom. The Morgan fingerprint density at radius 1 is 0.868 bits per heavy atom. The van der Waals surface area contributed by atoms with Gasteiger partial charge < -0.3 is 13.9 Å². The third-order valence-electron chi connectivity index (χ3n) is 6.48. The quantitative estimate of drug-likeness (QED) is 0.220. The fraction of sp³-hybridized carbons (Fsp3) is 0.156. The third-order valence-corrected chi connectivity index (χ3v) is 6.82. The van der Waals surface area contributed by atoms with E-state index >= 15 is 0 Å². The van der Waals surface area contributed by atoms with Gasteiger partial charge in [0.05, 0.1) is 12.3 Å². The number of hydrogen-bond acceptors (Lipinski definition) is 4. The number of methoxy groups -OCH3 is 1. The predicted octanol–water partition coefficient (Wildman–Crippen LogP) is 8.92. The minimum Gasteiger partial charge on any atom is -0.454 e. The summed E-state index contributed by atoms with van der Waals surface area (Å²) in [4.78, 5) is 12.9. The highest BCUT2D eigenvalue weighted by molar-refractivity contribution is 6.31. The maximum atomic E-state index is 12.9. The lowest BCUT2D eigenvalue weighted by Gasteiger charge is -2.15. The van der Waals surface area contributed by atoms with Gasteiger partial charge in [0.25, 0.3) is 0 Å². The molecule has 0 bridgehead atoms. The van der Waals surface area contributed by atoms with Gasteiger partial charge in [-0.3, -0.25) is 5.32 Å². The van der Waals surface area contributed by atoms with Crippen LogP contribution in [0.15, 0.2) is 101 Å². The Morgan fingerprint density at radius 2 is 1.50 bits per heavy atom. The first kappa shape index (κ1) is 25.6. The number of fused-ring (bicyclic) bond motifs is 1. The van der Waals surface area contributed by atoms with Crippen LogP contribution in [0.5, 0.6) is 0 Å². The van der Waals surface area contributed by atoms with Crippen LogP contribution in [0.2, 0.25) is 5.02 Å². The molecule has 192 valence electrons. The first-order chi connectivity index (χ1) is 18.5. The van der Waals surface area contributed by atoms with Crippen molar-refractivity contribution < 1.29 is 18.7 Å². The summed E-state index contributed by atoms with van der Waals surface area (Å²) in [6, 6.07) is 31.5. The molecule has 1 heterocycles. The predicted molar refractivity (Wildman–Crippen MR) is 153 cm³/mol. The van der Waals surface area contributed by atoms with Gasteiger partial charge >= 0.3 is 6.09 Å². The van der Waals surface area contributed by atoms with Gasteiger partial charge in [0, 0.05) is 28.6 Å². The molecule has 0 aliphatic carbocycles. The van der Waals surface area contributed by atoms with E-state index in [2.05, 4.69) is 29.6 Å². The number of rotatable bonds is 8. The molecule has 0 saturated carbocycles. The topological polar surface area (TPSA) is 60.7 Å². The Labute approximate surface area is 227 Å². The van der Waals surface area contributed by atoms with Crippen molar-refractivity contribution in [1.82, 2.24) is 0 Å². The smallest absolute Gasteiger partial charge is 0.412 e. The molecule has 38 heavy (non-hydrogen) atoms. The summed E-state index contributed by atoms with van der Waals surface area (Å²) < 4.78 is 17.0. The number of carbonyl (C=O) groups is 1. The molecule has 5 rings (SSSR count). The molecular formula is C32H28ClNO4. The van der Waals surface area contributed by atoms with Crippen LogP contribution in [-0.2, 0) is 15.9 Å². The molecule has 1 N–H and O–H groups in total. The zero-order valence-electron chi connectivity index (χ0n) is 21.2. The standard InChI is InChI=1S/C32H28ClNO4/c1-21(26-7-3-5-9-28(26)33)37-32(35)34-30-27-8-4-6-10-29(27)38-31(30)25-17-15-24(16-18-25)23-13-11-22(12-14-23)19-20-36-2/h3-18,21H,19-20H2,1-2H3,(H,34,35). The van der Waals surface area contributed by atoms with Gasteiger partial charge in [0.15, 0.2) is 5.76 Å². The molecule has 6 heteroatoms. The summed E-state index contributed by atoms with van der Waals surface area (Å²) in [5, 5.41) is 4.25. The number of amides is 1. The number of anilines is 1. The maximum absolute atomic E-state index is 12.9. The van der Waals surface area contributed by atoms with Crippen molar-refractivity contribution in [2.24, 2.45) is 0 Å². The molecule has 4 aromatic carbocycles. The minimum absolute atomic E-state index is 0.523. The molecule has 5 nitrogen and oxygen atoms in total. The third kappa shape index (κ3) is 5.59. The highest BCUT2D eigenvalue weighted by Gasteiger charge is 2.21. The molecule has 1 unspecified atom stereocenters. The van der Waals surface area contributed by atoms with Gasteiger partial charge in [-0.25, -0.2) is 4.79 Å². The van der Waals surface area contributed by atoms with Crippen molar-refractivity contribution in [2.75, 3.05) is 19.0 Å². The second kappa shape index (κ2) is 11.5. The first-order valence-electron chi connectivity index (χ1n) is 12.5. The van der Waals surface area contributed by atoms with Gasteiger partial charge in [-0.2, -0.15) is 0 Å². The summed E-state index contributed by atoms with van der Waals surface area (Å²) in [6.07, 6.45) is -0.224.